The van der Waals surface area contributed by atoms with E-state index in [0.29, 0.717) is 11.6 Å². The molecule has 0 saturated heterocycles. The fourth-order valence-electron chi connectivity index (χ4n) is 1.12. The summed E-state index contributed by atoms with van der Waals surface area (Å²) in [7, 11) is 0. The van der Waals surface area contributed by atoms with E-state index in [1.54, 1.807) is 18.5 Å². The summed E-state index contributed by atoms with van der Waals surface area (Å²) in [6.07, 6.45) is 2.93. The molecule has 1 N–H and O–H groups in total. The van der Waals surface area contributed by atoms with Gasteiger partial charge in [0.1, 0.15) is 11.3 Å². The van der Waals surface area contributed by atoms with Crippen LogP contribution in [0, 0.1) is 5.92 Å². The molecule has 0 saturated carbocycles. The highest BCUT2D eigenvalue weighted by atomic mass is 16.3. The Bertz CT molecular complexity index is 288. The molecule has 0 unspecified atom stereocenters. The third-order valence-electron chi connectivity index (χ3n) is 2.36. The molecule has 0 spiro atoms. The summed E-state index contributed by atoms with van der Waals surface area (Å²) in [4.78, 5) is 0. The van der Waals surface area contributed by atoms with E-state index < -0.39 is 5.60 Å². The maximum absolute atomic E-state index is 9.68. The van der Waals surface area contributed by atoms with Gasteiger partial charge in [0, 0.05) is 6.54 Å². The van der Waals surface area contributed by atoms with Crippen LogP contribution in [0.3, 0.4) is 0 Å². The van der Waals surface area contributed by atoms with Crippen LogP contribution in [0.15, 0.2) is 6.20 Å². The van der Waals surface area contributed by atoms with Crippen molar-refractivity contribution >= 4 is 0 Å². The van der Waals surface area contributed by atoms with Crippen molar-refractivity contribution in [1.82, 2.24) is 15.0 Å². The summed E-state index contributed by atoms with van der Waals surface area (Å²) in [6, 6.07) is 0. The SMILES string of the molecule is CC[C@H](C)Cn1cc(C(C)(C)O)nn1. The number of nitrogens with zero attached hydrogens (tertiary/aromatic N) is 3. The maximum atomic E-state index is 9.68. The van der Waals surface area contributed by atoms with Crippen LogP contribution in [0.1, 0.15) is 39.8 Å². The van der Waals surface area contributed by atoms with E-state index >= 15 is 0 Å². The van der Waals surface area contributed by atoms with Gasteiger partial charge in [-0.15, -0.1) is 5.10 Å². The van der Waals surface area contributed by atoms with E-state index in [-0.39, 0.29) is 0 Å². The molecular formula is C10H19N3O. The Morgan fingerprint density at radius 2 is 2.21 bits per heavy atom. The number of rotatable bonds is 4. The van der Waals surface area contributed by atoms with E-state index in [0.717, 1.165) is 13.0 Å². The molecule has 1 aromatic heterocycles. The van der Waals surface area contributed by atoms with Gasteiger partial charge in [0.2, 0.25) is 0 Å². The van der Waals surface area contributed by atoms with Crippen molar-refractivity contribution in [3.63, 3.8) is 0 Å². The molecule has 0 radical (unpaired) electrons. The summed E-state index contributed by atoms with van der Waals surface area (Å²) in [5, 5.41) is 17.6. The Morgan fingerprint density at radius 3 is 2.64 bits per heavy atom. The van der Waals surface area contributed by atoms with Gasteiger partial charge in [-0.25, -0.2) is 0 Å². The van der Waals surface area contributed by atoms with Crippen LogP contribution in [0.25, 0.3) is 0 Å². The highest BCUT2D eigenvalue weighted by Gasteiger charge is 2.20. The van der Waals surface area contributed by atoms with Crippen LogP contribution in [0.4, 0.5) is 0 Å². The van der Waals surface area contributed by atoms with Gasteiger partial charge in [-0.2, -0.15) is 0 Å². The van der Waals surface area contributed by atoms with Crippen LogP contribution in [-0.4, -0.2) is 20.1 Å². The fraction of sp³-hybridized carbons (Fsp3) is 0.800. The molecule has 1 atom stereocenters. The van der Waals surface area contributed by atoms with Gasteiger partial charge in [0.25, 0.3) is 0 Å². The van der Waals surface area contributed by atoms with Gasteiger partial charge in [0.05, 0.1) is 6.20 Å². The molecular weight excluding hydrogens is 178 g/mol. The minimum Gasteiger partial charge on any atom is -0.384 e. The third kappa shape index (κ3) is 2.80. The van der Waals surface area contributed by atoms with Gasteiger partial charge in [-0.1, -0.05) is 25.5 Å². The molecule has 0 amide bonds. The zero-order valence-corrected chi connectivity index (χ0v) is 9.36. The fourth-order valence-corrected chi connectivity index (χ4v) is 1.12. The van der Waals surface area contributed by atoms with Crippen LogP contribution in [0.2, 0.25) is 0 Å². The van der Waals surface area contributed by atoms with E-state index in [4.69, 9.17) is 0 Å². The Balaban J connectivity index is 2.69. The van der Waals surface area contributed by atoms with E-state index in [1.165, 1.54) is 0 Å². The van der Waals surface area contributed by atoms with Crippen molar-refractivity contribution in [2.75, 3.05) is 0 Å². The van der Waals surface area contributed by atoms with Gasteiger partial charge in [0.15, 0.2) is 0 Å². The molecule has 80 valence electrons. The van der Waals surface area contributed by atoms with E-state index in [9.17, 15) is 5.11 Å². The summed E-state index contributed by atoms with van der Waals surface area (Å²) in [5.41, 5.74) is -0.269. The molecule has 1 heterocycles. The van der Waals surface area contributed by atoms with Crippen LogP contribution < -0.4 is 0 Å². The van der Waals surface area contributed by atoms with Gasteiger partial charge in [-0.3, -0.25) is 4.68 Å². The van der Waals surface area contributed by atoms with Gasteiger partial charge in [-0.05, 0) is 19.8 Å². The quantitative estimate of drug-likeness (QED) is 0.796. The minimum absolute atomic E-state index is 0.589. The Labute approximate surface area is 84.9 Å². The number of hydrogen-bond donors (Lipinski definition) is 1. The zero-order chi connectivity index (χ0) is 10.8. The molecule has 1 aromatic rings. The summed E-state index contributed by atoms with van der Waals surface area (Å²) in [6.45, 7) is 8.61. The smallest absolute Gasteiger partial charge is 0.114 e. The summed E-state index contributed by atoms with van der Waals surface area (Å²) >= 11 is 0. The molecule has 0 fully saturated rings. The highest BCUT2D eigenvalue weighted by molar-refractivity contribution is 5.02. The second kappa shape index (κ2) is 4.09. The lowest BCUT2D eigenvalue weighted by Gasteiger charge is -2.12. The second-order valence-corrected chi connectivity index (χ2v) is 4.40. The Hall–Kier alpha value is -0.900. The van der Waals surface area contributed by atoms with Crippen LogP contribution in [0.5, 0.6) is 0 Å². The van der Waals surface area contributed by atoms with Crippen molar-refractivity contribution in [1.29, 1.82) is 0 Å². The van der Waals surface area contributed by atoms with Crippen molar-refractivity contribution in [2.24, 2.45) is 5.92 Å². The van der Waals surface area contributed by atoms with Gasteiger partial charge < -0.3 is 5.11 Å². The Kier molecular flexibility index (Phi) is 3.26. The van der Waals surface area contributed by atoms with Crippen molar-refractivity contribution in [3.05, 3.63) is 11.9 Å². The molecule has 0 aliphatic carbocycles. The first-order valence-electron chi connectivity index (χ1n) is 5.06. The van der Waals surface area contributed by atoms with E-state index in [2.05, 4.69) is 24.2 Å². The molecule has 1 rings (SSSR count). The first kappa shape index (κ1) is 11.2. The number of hydrogen-bond acceptors (Lipinski definition) is 3. The highest BCUT2D eigenvalue weighted by Crippen LogP contribution is 2.16. The normalized spacial score (nSPS) is 14.4. The topological polar surface area (TPSA) is 50.9 Å². The predicted molar refractivity (Wildman–Crippen MR) is 54.7 cm³/mol. The lowest BCUT2D eigenvalue weighted by molar-refractivity contribution is 0.0737. The van der Waals surface area contributed by atoms with Gasteiger partial charge >= 0.3 is 0 Å². The molecule has 0 aliphatic rings. The van der Waals surface area contributed by atoms with Crippen molar-refractivity contribution in [3.8, 4) is 0 Å². The minimum atomic E-state index is -0.895. The average Bonchev–Trinajstić information content (AvgIpc) is 2.51. The second-order valence-electron chi connectivity index (χ2n) is 4.40. The molecule has 4 heteroatoms. The monoisotopic (exact) mass is 197 g/mol. The number of aliphatic hydroxyl groups is 1. The molecule has 0 aliphatic heterocycles. The predicted octanol–water partition coefficient (Wildman–Crippen LogP) is 1.55. The van der Waals surface area contributed by atoms with Crippen LogP contribution >= 0.6 is 0 Å². The lowest BCUT2D eigenvalue weighted by atomic mass is 10.1. The first-order valence-corrected chi connectivity index (χ1v) is 5.06. The van der Waals surface area contributed by atoms with Crippen molar-refractivity contribution < 1.29 is 5.11 Å². The Morgan fingerprint density at radius 1 is 1.57 bits per heavy atom. The standard InChI is InChI=1S/C10H19N3O/c1-5-8(2)6-13-7-9(11-12-13)10(3,4)14/h7-8,14H,5-6H2,1-4H3/t8-/m0/s1. The number of aromatic nitrogens is 3. The molecule has 0 bridgehead atoms. The molecule has 0 aromatic carbocycles. The van der Waals surface area contributed by atoms with Crippen LogP contribution in [-0.2, 0) is 12.1 Å². The summed E-state index contributed by atoms with van der Waals surface area (Å²) in [5.74, 6) is 0.589. The van der Waals surface area contributed by atoms with E-state index in [1.807, 2.05) is 6.20 Å². The summed E-state index contributed by atoms with van der Waals surface area (Å²) < 4.78 is 1.79. The average molecular weight is 197 g/mol. The lowest BCUT2D eigenvalue weighted by Crippen LogP contribution is -2.16. The first-order chi connectivity index (χ1) is 6.43. The third-order valence-corrected chi connectivity index (χ3v) is 2.36. The molecule has 14 heavy (non-hydrogen) atoms. The molecule has 4 nitrogen and oxygen atoms in total. The van der Waals surface area contributed by atoms with Crippen molar-refractivity contribution in [2.45, 2.75) is 46.3 Å². The maximum Gasteiger partial charge on any atom is 0.114 e. The zero-order valence-electron chi connectivity index (χ0n) is 9.36. The largest absolute Gasteiger partial charge is 0.384 e.